The number of aliphatic hydroxyl groups is 1. The smallest absolute Gasteiger partial charge is 0.273 e. The first-order valence-electron chi connectivity index (χ1n) is 8.06. The number of aromatic nitrogens is 3. The molecule has 0 radical (unpaired) electrons. The third-order valence-electron chi connectivity index (χ3n) is 4.56. The number of nitrogens with zero attached hydrogens (tertiary/aromatic N) is 4. The molecule has 2 aromatic rings. The molecule has 2 aromatic heterocycles. The highest BCUT2D eigenvalue weighted by atomic mass is 16.3. The summed E-state index contributed by atoms with van der Waals surface area (Å²) in [5, 5.41) is 14.1. The molecular formula is C17H24N4O2. The Morgan fingerprint density at radius 2 is 2.09 bits per heavy atom. The average Bonchev–Trinajstić information content (AvgIpc) is 2.84. The van der Waals surface area contributed by atoms with Crippen molar-refractivity contribution >= 4 is 11.6 Å². The average molecular weight is 316 g/mol. The van der Waals surface area contributed by atoms with Crippen molar-refractivity contribution in [3.05, 3.63) is 29.2 Å². The van der Waals surface area contributed by atoms with E-state index in [0.717, 1.165) is 24.2 Å². The van der Waals surface area contributed by atoms with Gasteiger partial charge in [0.05, 0.1) is 18.3 Å². The summed E-state index contributed by atoms with van der Waals surface area (Å²) >= 11 is 0. The van der Waals surface area contributed by atoms with Crippen LogP contribution in [0.5, 0.6) is 0 Å². The van der Waals surface area contributed by atoms with Gasteiger partial charge in [0.15, 0.2) is 5.65 Å². The summed E-state index contributed by atoms with van der Waals surface area (Å²) in [5.74, 6) is -0.0876. The Labute approximate surface area is 136 Å². The van der Waals surface area contributed by atoms with Crippen molar-refractivity contribution in [2.75, 3.05) is 13.2 Å². The van der Waals surface area contributed by atoms with Gasteiger partial charge in [-0.1, -0.05) is 13.8 Å². The molecule has 1 aliphatic heterocycles. The molecule has 6 heteroatoms. The largest absolute Gasteiger partial charge is 0.394 e. The highest BCUT2D eigenvalue weighted by molar-refractivity contribution is 5.93. The Balaban J connectivity index is 2.04. The molecule has 1 unspecified atom stereocenters. The lowest BCUT2D eigenvalue weighted by Gasteiger charge is -2.43. The zero-order valence-corrected chi connectivity index (χ0v) is 14.2. The topological polar surface area (TPSA) is 70.7 Å². The first-order chi connectivity index (χ1) is 10.8. The molecule has 1 saturated heterocycles. The number of fused-ring (bicyclic) bond motifs is 1. The first kappa shape index (κ1) is 15.9. The van der Waals surface area contributed by atoms with Crippen LogP contribution in [0.1, 0.15) is 48.6 Å². The van der Waals surface area contributed by atoms with Crippen molar-refractivity contribution in [1.29, 1.82) is 0 Å². The van der Waals surface area contributed by atoms with Crippen molar-refractivity contribution in [2.24, 2.45) is 5.41 Å². The number of aliphatic hydroxyl groups excluding tert-OH is 1. The van der Waals surface area contributed by atoms with Gasteiger partial charge in [-0.25, -0.2) is 9.50 Å². The van der Waals surface area contributed by atoms with Crippen LogP contribution in [-0.2, 0) is 0 Å². The summed E-state index contributed by atoms with van der Waals surface area (Å²) in [6, 6.07) is 3.52. The maximum atomic E-state index is 13.2. The summed E-state index contributed by atoms with van der Waals surface area (Å²) < 4.78 is 1.61. The number of piperidine rings is 1. The van der Waals surface area contributed by atoms with Crippen molar-refractivity contribution in [1.82, 2.24) is 19.5 Å². The van der Waals surface area contributed by atoms with E-state index in [0.29, 0.717) is 17.9 Å². The third-order valence-corrected chi connectivity index (χ3v) is 4.56. The van der Waals surface area contributed by atoms with Gasteiger partial charge in [-0.2, -0.15) is 5.10 Å². The highest BCUT2D eigenvalue weighted by Gasteiger charge is 2.36. The number of carbonyl (C=O) groups is 1. The Kier molecular flexibility index (Phi) is 3.88. The van der Waals surface area contributed by atoms with Gasteiger partial charge in [0.1, 0.15) is 5.69 Å². The minimum atomic E-state index is -0.129. The number of carbonyl (C=O) groups excluding carboxylic acids is 1. The van der Waals surface area contributed by atoms with E-state index in [1.807, 2.05) is 19.9 Å². The van der Waals surface area contributed by atoms with E-state index < -0.39 is 0 Å². The molecule has 6 nitrogen and oxygen atoms in total. The van der Waals surface area contributed by atoms with Crippen LogP contribution in [0.4, 0.5) is 0 Å². The molecule has 0 saturated carbocycles. The number of aryl methyl sites for hydroxylation is 2. The minimum Gasteiger partial charge on any atom is -0.394 e. The van der Waals surface area contributed by atoms with Crippen LogP contribution in [-0.4, -0.2) is 49.7 Å². The van der Waals surface area contributed by atoms with Crippen molar-refractivity contribution in [2.45, 2.75) is 46.6 Å². The van der Waals surface area contributed by atoms with Crippen LogP contribution >= 0.6 is 0 Å². The van der Waals surface area contributed by atoms with E-state index in [1.54, 1.807) is 15.5 Å². The van der Waals surface area contributed by atoms with Crippen LogP contribution in [0, 0.1) is 19.3 Å². The monoisotopic (exact) mass is 316 g/mol. The number of amides is 1. The minimum absolute atomic E-state index is 0.00678. The van der Waals surface area contributed by atoms with E-state index in [9.17, 15) is 9.90 Å². The maximum absolute atomic E-state index is 13.2. The van der Waals surface area contributed by atoms with E-state index >= 15 is 0 Å². The van der Waals surface area contributed by atoms with E-state index in [-0.39, 0.29) is 24.0 Å². The molecule has 1 N–H and O–H groups in total. The van der Waals surface area contributed by atoms with Crippen LogP contribution in [0.15, 0.2) is 12.1 Å². The van der Waals surface area contributed by atoms with Gasteiger partial charge < -0.3 is 10.0 Å². The number of rotatable bonds is 2. The van der Waals surface area contributed by atoms with Gasteiger partial charge >= 0.3 is 0 Å². The molecule has 1 aliphatic rings. The fourth-order valence-electron chi connectivity index (χ4n) is 3.32. The molecule has 0 bridgehead atoms. The molecule has 1 atom stereocenters. The molecule has 124 valence electrons. The molecule has 1 fully saturated rings. The quantitative estimate of drug-likeness (QED) is 0.919. The molecule has 3 heterocycles. The second-order valence-electron chi connectivity index (χ2n) is 7.31. The summed E-state index contributed by atoms with van der Waals surface area (Å²) in [7, 11) is 0. The van der Waals surface area contributed by atoms with Crippen molar-refractivity contribution < 1.29 is 9.90 Å². The standard InChI is InChI=1S/C17H24N4O2/c1-11-7-14(21-15(18-11)8-12(2)19-21)16(23)20-10-17(3,4)6-5-13(20)9-22/h7-8,13,22H,5-6,9-10H2,1-4H3. The number of hydrogen-bond donors (Lipinski definition) is 1. The van der Waals surface area contributed by atoms with Gasteiger partial charge in [0.2, 0.25) is 0 Å². The van der Waals surface area contributed by atoms with Crippen LogP contribution < -0.4 is 0 Å². The Morgan fingerprint density at radius 1 is 1.35 bits per heavy atom. The summed E-state index contributed by atoms with van der Waals surface area (Å²) in [6.07, 6.45) is 1.83. The Bertz CT molecular complexity index is 750. The van der Waals surface area contributed by atoms with Gasteiger partial charge in [0.25, 0.3) is 5.91 Å². The predicted octanol–water partition coefficient (Wildman–Crippen LogP) is 1.97. The normalized spacial score (nSPS) is 20.9. The third kappa shape index (κ3) is 2.95. The summed E-state index contributed by atoms with van der Waals surface area (Å²) in [4.78, 5) is 19.4. The van der Waals surface area contributed by atoms with Crippen LogP contribution in [0.25, 0.3) is 5.65 Å². The predicted molar refractivity (Wildman–Crippen MR) is 87.4 cm³/mol. The Morgan fingerprint density at radius 3 is 2.78 bits per heavy atom. The molecular weight excluding hydrogens is 292 g/mol. The molecule has 0 aliphatic carbocycles. The lowest BCUT2D eigenvalue weighted by atomic mass is 9.81. The SMILES string of the molecule is Cc1cc(C(=O)N2CC(C)(C)CCC2CO)n2nc(C)cc2n1. The van der Waals surface area contributed by atoms with Crippen LogP contribution in [0.2, 0.25) is 0 Å². The number of hydrogen-bond acceptors (Lipinski definition) is 4. The molecule has 1 amide bonds. The fraction of sp³-hybridized carbons (Fsp3) is 0.588. The van der Waals surface area contributed by atoms with Crippen LogP contribution in [0.3, 0.4) is 0 Å². The lowest BCUT2D eigenvalue weighted by molar-refractivity contribution is 0.0240. The van der Waals surface area contributed by atoms with Crippen molar-refractivity contribution in [3.8, 4) is 0 Å². The van der Waals surface area contributed by atoms with Gasteiger partial charge in [-0.15, -0.1) is 0 Å². The van der Waals surface area contributed by atoms with E-state index in [1.165, 1.54) is 0 Å². The van der Waals surface area contributed by atoms with Gasteiger partial charge in [-0.3, -0.25) is 4.79 Å². The maximum Gasteiger partial charge on any atom is 0.273 e. The fourth-order valence-corrected chi connectivity index (χ4v) is 3.32. The summed E-state index contributed by atoms with van der Waals surface area (Å²) in [5.41, 5.74) is 2.87. The van der Waals surface area contributed by atoms with Gasteiger partial charge in [0, 0.05) is 18.3 Å². The first-order valence-corrected chi connectivity index (χ1v) is 8.06. The van der Waals surface area contributed by atoms with E-state index in [4.69, 9.17) is 0 Å². The molecule has 23 heavy (non-hydrogen) atoms. The lowest BCUT2D eigenvalue weighted by Crippen LogP contribution is -2.51. The molecule has 0 spiro atoms. The van der Waals surface area contributed by atoms with Gasteiger partial charge in [-0.05, 0) is 38.2 Å². The Hall–Kier alpha value is -1.95. The van der Waals surface area contributed by atoms with Crippen molar-refractivity contribution in [3.63, 3.8) is 0 Å². The summed E-state index contributed by atoms with van der Waals surface area (Å²) in [6.45, 7) is 8.72. The second-order valence-corrected chi connectivity index (χ2v) is 7.31. The second kappa shape index (κ2) is 5.60. The molecule has 0 aromatic carbocycles. The number of likely N-dealkylation sites (tertiary alicyclic amines) is 1. The highest BCUT2D eigenvalue weighted by Crippen LogP contribution is 2.32. The van der Waals surface area contributed by atoms with E-state index in [2.05, 4.69) is 23.9 Å². The molecule has 3 rings (SSSR count). The zero-order chi connectivity index (χ0) is 16.8. The zero-order valence-electron chi connectivity index (χ0n) is 14.2.